The monoisotopic (exact) mass is 484 g/mol. The van der Waals surface area contributed by atoms with Crippen LogP contribution in [0.25, 0.3) is 39.2 Å². The topological polar surface area (TPSA) is 0 Å². The molecular weight excluding hydrogens is 469 g/mol. The Morgan fingerprint density at radius 1 is 0.543 bits per heavy atom. The van der Waals surface area contributed by atoms with Gasteiger partial charge in [-0.15, -0.1) is 0 Å². The van der Waals surface area contributed by atoms with Gasteiger partial charge in [0.05, 0.1) is 0 Å². The van der Waals surface area contributed by atoms with Crippen LogP contribution in [0.4, 0.5) is 30.7 Å². The number of rotatable bonds is 5. The van der Waals surface area contributed by atoms with Crippen molar-refractivity contribution in [2.24, 2.45) is 0 Å². The van der Waals surface area contributed by atoms with Crippen LogP contribution in [0.3, 0.4) is 0 Å². The van der Waals surface area contributed by atoms with Crippen LogP contribution in [0.5, 0.6) is 0 Å². The Hall–Kier alpha value is -4.13. The van der Waals surface area contributed by atoms with Gasteiger partial charge in [0.1, 0.15) is 11.6 Å². The van der Waals surface area contributed by atoms with E-state index in [1.54, 1.807) is 0 Å². The molecule has 0 heterocycles. The first kappa shape index (κ1) is 24.0. The Labute approximate surface area is 196 Å². The minimum Gasteiger partial charge on any atom is -0.206 e. The summed E-state index contributed by atoms with van der Waals surface area (Å²) in [6.07, 6.45) is 0.665. The molecule has 0 fully saturated rings. The molecule has 0 atom stereocenters. The number of hydrogen-bond acceptors (Lipinski definition) is 0. The maximum Gasteiger partial charge on any atom is 0.194 e. The molecule has 0 amide bonds. The van der Waals surface area contributed by atoms with Gasteiger partial charge in [0.2, 0.25) is 0 Å². The van der Waals surface area contributed by atoms with Gasteiger partial charge in [0.15, 0.2) is 29.1 Å². The highest BCUT2D eigenvalue weighted by atomic mass is 19.2. The lowest BCUT2D eigenvalue weighted by atomic mass is 9.96. The standard InChI is InChI=1S/C28H15F7/c1-2-22(29)27(34)18-8-10-21(24(31)12-18)17-7-9-20(23(30)11-17)16-5-3-15(4-6-16)19-13-25(32)28(35)26(33)14-19/h2-14H,1H2. The smallest absolute Gasteiger partial charge is 0.194 e. The van der Waals surface area contributed by atoms with Gasteiger partial charge in [-0.2, -0.15) is 0 Å². The predicted octanol–water partition coefficient (Wildman–Crippen LogP) is 9.18. The lowest BCUT2D eigenvalue weighted by molar-refractivity contribution is 0.448. The highest BCUT2D eigenvalue weighted by Crippen LogP contribution is 2.33. The summed E-state index contributed by atoms with van der Waals surface area (Å²) in [5.74, 6) is -8.25. The molecule has 176 valence electrons. The van der Waals surface area contributed by atoms with Crippen molar-refractivity contribution in [1.82, 2.24) is 0 Å². The maximum atomic E-state index is 14.9. The number of allylic oxidation sites excluding steroid dienone is 2. The molecule has 4 aromatic rings. The quantitative estimate of drug-likeness (QED) is 0.151. The zero-order valence-corrected chi connectivity index (χ0v) is 17.9. The number of benzene rings is 4. The molecule has 0 aromatic heterocycles. The zero-order chi connectivity index (χ0) is 25.3. The van der Waals surface area contributed by atoms with E-state index in [4.69, 9.17) is 0 Å². The summed E-state index contributed by atoms with van der Waals surface area (Å²) in [6, 6.07) is 14.9. The van der Waals surface area contributed by atoms with Crippen LogP contribution in [0, 0.1) is 29.1 Å². The zero-order valence-electron chi connectivity index (χ0n) is 17.9. The Bertz CT molecular complexity index is 1440. The molecule has 0 saturated heterocycles. The second-order valence-corrected chi connectivity index (χ2v) is 7.59. The van der Waals surface area contributed by atoms with Crippen LogP contribution in [0.1, 0.15) is 5.56 Å². The van der Waals surface area contributed by atoms with E-state index >= 15 is 0 Å². The second-order valence-electron chi connectivity index (χ2n) is 7.59. The Morgan fingerprint density at radius 3 is 1.60 bits per heavy atom. The molecule has 0 aliphatic heterocycles. The van der Waals surface area contributed by atoms with Gasteiger partial charge >= 0.3 is 0 Å². The summed E-state index contributed by atoms with van der Waals surface area (Å²) >= 11 is 0. The molecule has 7 heteroatoms. The largest absolute Gasteiger partial charge is 0.206 e. The van der Waals surface area contributed by atoms with E-state index in [1.807, 2.05) is 0 Å². The fourth-order valence-corrected chi connectivity index (χ4v) is 3.59. The highest BCUT2D eigenvalue weighted by molar-refractivity contribution is 5.75. The Balaban J connectivity index is 1.63. The van der Waals surface area contributed by atoms with Crippen LogP contribution in [-0.4, -0.2) is 0 Å². The minimum atomic E-state index is -1.57. The summed E-state index contributed by atoms with van der Waals surface area (Å²) in [6.45, 7) is 3.12. The van der Waals surface area contributed by atoms with Gasteiger partial charge in [-0.25, -0.2) is 30.7 Å². The third-order valence-electron chi connectivity index (χ3n) is 5.40. The molecule has 0 N–H and O–H groups in total. The van der Waals surface area contributed by atoms with Crippen LogP contribution in [0.15, 0.2) is 91.3 Å². The molecule has 0 radical (unpaired) electrons. The van der Waals surface area contributed by atoms with Crippen molar-refractivity contribution >= 4 is 5.83 Å². The first-order valence-electron chi connectivity index (χ1n) is 10.2. The predicted molar refractivity (Wildman–Crippen MR) is 122 cm³/mol. The molecular formula is C28H15F7. The second kappa shape index (κ2) is 9.62. The van der Waals surface area contributed by atoms with E-state index < -0.39 is 40.7 Å². The van der Waals surface area contributed by atoms with E-state index in [1.165, 1.54) is 48.5 Å². The molecule has 0 aliphatic carbocycles. The van der Waals surface area contributed by atoms with Crippen molar-refractivity contribution in [1.29, 1.82) is 0 Å². The summed E-state index contributed by atoms with van der Waals surface area (Å²) in [5, 5.41) is 0. The van der Waals surface area contributed by atoms with Crippen molar-refractivity contribution in [2.45, 2.75) is 0 Å². The molecule has 4 rings (SSSR count). The highest BCUT2D eigenvalue weighted by Gasteiger charge is 2.15. The summed E-state index contributed by atoms with van der Waals surface area (Å²) in [7, 11) is 0. The molecule has 0 spiro atoms. The summed E-state index contributed by atoms with van der Waals surface area (Å²) < 4.78 is 96.9. The molecule has 0 bridgehead atoms. The first-order chi connectivity index (χ1) is 16.7. The lowest BCUT2D eigenvalue weighted by Crippen LogP contribution is -1.92. The van der Waals surface area contributed by atoms with Gasteiger partial charge in [-0.3, -0.25) is 0 Å². The number of hydrogen-bond donors (Lipinski definition) is 0. The van der Waals surface area contributed by atoms with Gasteiger partial charge in [-0.1, -0.05) is 55.1 Å². The SMILES string of the molecule is C=CC(F)=C(F)c1ccc(-c2ccc(-c3ccc(-c4cc(F)c(F)c(F)c4)cc3)c(F)c2)c(F)c1. The van der Waals surface area contributed by atoms with Crippen molar-refractivity contribution in [2.75, 3.05) is 0 Å². The van der Waals surface area contributed by atoms with Gasteiger partial charge < -0.3 is 0 Å². The van der Waals surface area contributed by atoms with Gasteiger partial charge in [-0.05, 0) is 52.6 Å². The normalized spacial score (nSPS) is 11.9. The van der Waals surface area contributed by atoms with Crippen LogP contribution >= 0.6 is 0 Å². The van der Waals surface area contributed by atoms with E-state index in [-0.39, 0.29) is 27.8 Å². The molecule has 0 unspecified atom stereocenters. The molecule has 0 saturated carbocycles. The van der Waals surface area contributed by atoms with Gasteiger partial charge in [0, 0.05) is 16.7 Å². The fraction of sp³-hybridized carbons (Fsp3) is 0. The van der Waals surface area contributed by atoms with E-state index in [2.05, 4.69) is 6.58 Å². The first-order valence-corrected chi connectivity index (χ1v) is 10.2. The molecule has 35 heavy (non-hydrogen) atoms. The van der Waals surface area contributed by atoms with E-state index in [0.29, 0.717) is 17.2 Å². The minimum absolute atomic E-state index is 0.0123. The Morgan fingerprint density at radius 2 is 1.03 bits per heavy atom. The average Bonchev–Trinajstić information content (AvgIpc) is 2.86. The summed E-state index contributed by atoms with van der Waals surface area (Å²) in [5.41, 5.74) is 0.961. The third kappa shape index (κ3) is 4.75. The van der Waals surface area contributed by atoms with Crippen LogP contribution in [0.2, 0.25) is 0 Å². The van der Waals surface area contributed by atoms with Crippen molar-refractivity contribution in [3.8, 4) is 33.4 Å². The van der Waals surface area contributed by atoms with E-state index in [9.17, 15) is 30.7 Å². The summed E-state index contributed by atoms with van der Waals surface area (Å²) in [4.78, 5) is 0. The average molecular weight is 484 g/mol. The van der Waals surface area contributed by atoms with E-state index in [0.717, 1.165) is 24.3 Å². The van der Waals surface area contributed by atoms with Gasteiger partial charge in [0.25, 0.3) is 0 Å². The van der Waals surface area contributed by atoms with Crippen LogP contribution in [-0.2, 0) is 0 Å². The lowest BCUT2D eigenvalue weighted by Gasteiger charge is -2.10. The number of halogens is 7. The molecule has 0 nitrogen and oxygen atoms in total. The van der Waals surface area contributed by atoms with Crippen molar-refractivity contribution < 1.29 is 30.7 Å². The Kier molecular flexibility index (Phi) is 6.60. The molecule has 4 aromatic carbocycles. The van der Waals surface area contributed by atoms with Crippen LogP contribution < -0.4 is 0 Å². The molecule has 0 aliphatic rings. The van der Waals surface area contributed by atoms with Crippen molar-refractivity contribution in [3.63, 3.8) is 0 Å². The maximum absolute atomic E-state index is 14.9. The fourth-order valence-electron chi connectivity index (χ4n) is 3.59. The van der Waals surface area contributed by atoms with Crippen molar-refractivity contribution in [3.05, 3.63) is 126 Å². The third-order valence-corrected chi connectivity index (χ3v) is 5.40.